The first kappa shape index (κ1) is 27.5. The number of benzene rings is 3. The van der Waals surface area contributed by atoms with Gasteiger partial charge in [-0.2, -0.15) is 21.6 Å². The lowest BCUT2D eigenvalue weighted by molar-refractivity contribution is -0.147. The summed E-state index contributed by atoms with van der Waals surface area (Å²) in [6.45, 7) is -0.100. The minimum Gasteiger partial charge on any atom is -0.459 e. The van der Waals surface area contributed by atoms with Gasteiger partial charge in [-0.05, 0) is 28.8 Å². The van der Waals surface area contributed by atoms with Crippen LogP contribution in [0.25, 0.3) is 0 Å². The molecule has 196 valence electrons. The number of nitrogens with one attached hydrogen (secondary N) is 1. The van der Waals surface area contributed by atoms with E-state index in [1.807, 2.05) is 0 Å². The quantitative estimate of drug-likeness (QED) is 0.231. The molecule has 0 heterocycles. The van der Waals surface area contributed by atoms with Crippen LogP contribution in [0.2, 0.25) is 0 Å². The summed E-state index contributed by atoms with van der Waals surface area (Å²) in [6.07, 6.45) is -1.01. The van der Waals surface area contributed by atoms with Crippen molar-refractivity contribution in [2.75, 3.05) is 0 Å². The molecule has 1 unspecified atom stereocenters. The zero-order chi connectivity index (χ0) is 26.9. The fraction of sp³-hybridized carbons (Fsp3) is 0.200. The molecule has 3 rings (SSSR count). The van der Waals surface area contributed by atoms with E-state index in [1.165, 1.54) is 12.1 Å². The molecule has 1 atom stereocenters. The van der Waals surface area contributed by atoms with Crippen LogP contribution in [0.4, 0.5) is 18.0 Å². The number of ether oxygens (including phenoxy) is 2. The number of amides is 1. The van der Waals surface area contributed by atoms with Crippen molar-refractivity contribution in [1.29, 1.82) is 0 Å². The highest BCUT2D eigenvalue weighted by Gasteiger charge is 2.48. The van der Waals surface area contributed by atoms with Crippen molar-refractivity contribution in [3.05, 3.63) is 102 Å². The molecular weight excluding hydrogens is 515 g/mol. The number of rotatable bonds is 10. The van der Waals surface area contributed by atoms with Gasteiger partial charge < -0.3 is 19.0 Å². The molecule has 1 amide bonds. The Morgan fingerprint density at radius 2 is 1.27 bits per heavy atom. The summed E-state index contributed by atoms with van der Waals surface area (Å²) in [4.78, 5) is 25.1. The van der Waals surface area contributed by atoms with Gasteiger partial charge in [0.05, 0.1) is 0 Å². The molecule has 0 saturated heterocycles. The summed E-state index contributed by atoms with van der Waals surface area (Å²) in [5.74, 6) is -1.35. The number of hydrogen-bond donors (Lipinski definition) is 1. The average Bonchev–Trinajstić information content (AvgIpc) is 2.87. The monoisotopic (exact) mass is 537 g/mol. The van der Waals surface area contributed by atoms with E-state index in [2.05, 4.69) is 9.50 Å². The van der Waals surface area contributed by atoms with Gasteiger partial charge in [0, 0.05) is 6.42 Å². The standard InChI is InChI=1S/C25H22F3NO7S/c26-25(27,28)37(32,33)36-21-13-11-18(12-14-21)15-22(23(30)34-16-19-7-3-1-4-8-19)29-24(31)35-17-20-9-5-2-6-10-20/h1-14,22H,15-17H2,(H,29,31). The SMILES string of the molecule is O=C(NC(Cc1ccc(OS(=O)(=O)C(F)(F)F)cc1)C(=O)OCc1ccccc1)OCc1ccccc1. The number of alkyl carbamates (subject to hydrolysis) is 1. The molecular formula is C25H22F3NO7S. The fourth-order valence-corrected chi connectivity index (χ4v) is 3.48. The van der Waals surface area contributed by atoms with Gasteiger partial charge in [-0.15, -0.1) is 0 Å². The van der Waals surface area contributed by atoms with E-state index in [0.29, 0.717) is 11.1 Å². The van der Waals surface area contributed by atoms with Crippen molar-refractivity contribution in [1.82, 2.24) is 5.32 Å². The van der Waals surface area contributed by atoms with Crippen LogP contribution >= 0.6 is 0 Å². The van der Waals surface area contributed by atoms with Crippen molar-refractivity contribution in [2.45, 2.75) is 31.2 Å². The van der Waals surface area contributed by atoms with Crippen molar-refractivity contribution in [3.63, 3.8) is 0 Å². The summed E-state index contributed by atoms with van der Waals surface area (Å²) in [6, 6.07) is 21.0. The number of hydrogen-bond acceptors (Lipinski definition) is 7. The van der Waals surface area contributed by atoms with Crippen molar-refractivity contribution in [3.8, 4) is 5.75 Å². The smallest absolute Gasteiger partial charge is 0.459 e. The van der Waals surface area contributed by atoms with Crippen LogP contribution in [0, 0.1) is 0 Å². The molecule has 0 aliphatic carbocycles. The number of alkyl halides is 3. The summed E-state index contributed by atoms with van der Waals surface area (Å²) in [5.41, 5.74) is -3.76. The van der Waals surface area contributed by atoms with E-state index >= 15 is 0 Å². The van der Waals surface area contributed by atoms with Gasteiger partial charge in [-0.1, -0.05) is 72.8 Å². The molecule has 0 bridgehead atoms. The molecule has 0 aliphatic rings. The second-order valence-corrected chi connectivity index (χ2v) is 9.22. The Labute approximate surface area is 211 Å². The molecule has 0 saturated carbocycles. The number of carbonyl (C=O) groups excluding carboxylic acids is 2. The normalized spacial score (nSPS) is 12.3. The number of esters is 1. The molecule has 0 aliphatic heterocycles. The van der Waals surface area contributed by atoms with Gasteiger partial charge in [-0.25, -0.2) is 9.59 Å². The van der Waals surface area contributed by atoms with Gasteiger partial charge in [0.15, 0.2) is 0 Å². The number of carbonyl (C=O) groups is 2. The van der Waals surface area contributed by atoms with E-state index in [1.54, 1.807) is 60.7 Å². The third kappa shape index (κ3) is 8.53. The Hall–Kier alpha value is -4.06. The maximum Gasteiger partial charge on any atom is 0.534 e. The van der Waals surface area contributed by atoms with Crippen LogP contribution in [0.15, 0.2) is 84.9 Å². The zero-order valence-electron chi connectivity index (χ0n) is 19.2. The molecule has 0 aromatic heterocycles. The summed E-state index contributed by atoms with van der Waals surface area (Å²) in [7, 11) is -5.83. The third-order valence-corrected chi connectivity index (χ3v) is 5.84. The molecule has 12 heteroatoms. The molecule has 1 N–H and O–H groups in total. The van der Waals surface area contributed by atoms with Crippen LogP contribution in [0.3, 0.4) is 0 Å². The van der Waals surface area contributed by atoms with Crippen LogP contribution in [-0.4, -0.2) is 32.0 Å². The average molecular weight is 538 g/mol. The first-order chi connectivity index (χ1) is 17.5. The largest absolute Gasteiger partial charge is 0.534 e. The predicted octanol–water partition coefficient (Wildman–Crippen LogP) is 4.50. The van der Waals surface area contributed by atoms with E-state index in [4.69, 9.17) is 9.47 Å². The van der Waals surface area contributed by atoms with Crippen LogP contribution < -0.4 is 9.50 Å². The first-order valence-corrected chi connectivity index (χ1v) is 12.2. The molecule has 37 heavy (non-hydrogen) atoms. The lowest BCUT2D eigenvalue weighted by Gasteiger charge is -2.18. The van der Waals surface area contributed by atoms with Gasteiger partial charge in [0.1, 0.15) is 25.0 Å². The van der Waals surface area contributed by atoms with Crippen LogP contribution in [-0.2, 0) is 44.0 Å². The maximum absolute atomic E-state index is 12.8. The topological polar surface area (TPSA) is 108 Å². The van der Waals surface area contributed by atoms with Crippen molar-refractivity contribution < 1.29 is 44.8 Å². The highest BCUT2D eigenvalue weighted by atomic mass is 32.2. The van der Waals surface area contributed by atoms with E-state index in [-0.39, 0.29) is 19.6 Å². The highest BCUT2D eigenvalue weighted by molar-refractivity contribution is 7.88. The fourth-order valence-electron chi connectivity index (χ4n) is 3.02. The summed E-state index contributed by atoms with van der Waals surface area (Å²) in [5, 5.41) is 2.43. The Morgan fingerprint density at radius 3 is 1.78 bits per heavy atom. The van der Waals surface area contributed by atoms with E-state index in [0.717, 1.165) is 17.7 Å². The number of halogens is 3. The Kier molecular flexibility index (Phi) is 9.12. The van der Waals surface area contributed by atoms with E-state index < -0.39 is 39.5 Å². The van der Waals surface area contributed by atoms with Gasteiger partial charge in [-0.3, -0.25) is 0 Å². The molecule has 0 fully saturated rings. The Morgan fingerprint density at radius 1 is 0.757 bits per heavy atom. The predicted molar refractivity (Wildman–Crippen MR) is 126 cm³/mol. The molecule has 3 aromatic rings. The van der Waals surface area contributed by atoms with Crippen LogP contribution in [0.1, 0.15) is 16.7 Å². The van der Waals surface area contributed by atoms with Crippen molar-refractivity contribution in [2.24, 2.45) is 0 Å². The molecule has 3 aromatic carbocycles. The lowest BCUT2D eigenvalue weighted by Crippen LogP contribution is -2.43. The lowest BCUT2D eigenvalue weighted by atomic mass is 10.1. The van der Waals surface area contributed by atoms with Gasteiger partial charge in [0.25, 0.3) is 0 Å². The molecule has 0 radical (unpaired) electrons. The van der Waals surface area contributed by atoms with Crippen LogP contribution in [0.5, 0.6) is 5.75 Å². The maximum atomic E-state index is 12.8. The van der Waals surface area contributed by atoms with E-state index in [9.17, 15) is 31.2 Å². The minimum absolute atomic E-state index is 0.0435. The Bertz CT molecular complexity index is 1280. The molecule has 0 spiro atoms. The van der Waals surface area contributed by atoms with Gasteiger partial charge in [0.2, 0.25) is 0 Å². The first-order valence-electron chi connectivity index (χ1n) is 10.8. The summed E-state index contributed by atoms with van der Waals surface area (Å²) < 4.78 is 74.5. The van der Waals surface area contributed by atoms with Crippen molar-refractivity contribution >= 4 is 22.2 Å². The minimum atomic E-state index is -5.83. The second-order valence-electron chi connectivity index (χ2n) is 7.68. The second kappa shape index (κ2) is 12.3. The molecule has 8 nitrogen and oxygen atoms in total. The highest BCUT2D eigenvalue weighted by Crippen LogP contribution is 2.27. The Balaban J connectivity index is 1.68. The van der Waals surface area contributed by atoms with Gasteiger partial charge >= 0.3 is 27.7 Å². The zero-order valence-corrected chi connectivity index (χ0v) is 20.0. The third-order valence-electron chi connectivity index (χ3n) is 4.87. The summed E-state index contributed by atoms with van der Waals surface area (Å²) >= 11 is 0.